The van der Waals surface area contributed by atoms with Crippen LogP contribution in [0, 0.1) is 0 Å². The number of phenolic OH excluding ortho intramolecular Hbond substituents is 1. The molecular weight excluding hydrogens is 817 g/mol. The van der Waals surface area contributed by atoms with Gasteiger partial charge in [0.05, 0.1) is 24.6 Å². The van der Waals surface area contributed by atoms with Crippen LogP contribution in [0.5, 0.6) is 5.75 Å². The maximum atomic E-state index is 12.8. The van der Waals surface area contributed by atoms with Crippen LogP contribution in [0.1, 0.15) is 78.4 Å². The molecule has 320 valence electrons. The Hall–Kier alpha value is -5.51. The smallest absolute Gasteiger partial charge is 0.336 e. The molecule has 2 saturated heterocycles. The number of ether oxygens (including phenoxy) is 1. The molecule has 0 bridgehead atoms. The van der Waals surface area contributed by atoms with Gasteiger partial charge in [-0.1, -0.05) is 61.5 Å². The summed E-state index contributed by atoms with van der Waals surface area (Å²) < 4.78 is 35.9. The number of amidine groups is 1. The fourth-order valence-electron chi connectivity index (χ4n) is 8.86. The molecule has 0 saturated carbocycles. The first kappa shape index (κ1) is 42.2. The van der Waals surface area contributed by atoms with Crippen LogP contribution in [0.2, 0.25) is 22.2 Å². The quantitative estimate of drug-likeness (QED) is 0.0462. The lowest BCUT2D eigenvalue weighted by atomic mass is 9.90. The number of aliphatic hydroxyl groups is 1. The number of benzene rings is 3. The van der Waals surface area contributed by atoms with E-state index in [0.717, 1.165) is 0 Å². The molecule has 2 aromatic carbocycles. The third kappa shape index (κ3) is 7.50. The number of anilines is 1. The van der Waals surface area contributed by atoms with Crippen LogP contribution in [0.25, 0.3) is 44.6 Å². The van der Waals surface area contributed by atoms with Crippen molar-refractivity contribution in [2.24, 2.45) is 4.99 Å². The number of fused-ring (bicyclic) bond motifs is 4. The highest BCUT2D eigenvalue weighted by Crippen LogP contribution is 2.49. The Morgan fingerprint density at radius 3 is 2.30 bits per heavy atom. The van der Waals surface area contributed by atoms with Crippen molar-refractivity contribution in [3.8, 4) is 28.2 Å². The highest BCUT2D eigenvalue weighted by atomic mass is 28.5. The van der Waals surface area contributed by atoms with Crippen molar-refractivity contribution in [3.63, 3.8) is 0 Å². The van der Waals surface area contributed by atoms with E-state index in [4.69, 9.17) is 22.1 Å². The Morgan fingerprint density at radius 1 is 0.869 bits per heavy atom. The van der Waals surface area contributed by atoms with Gasteiger partial charge in [-0.05, 0) is 64.1 Å². The fraction of sp³-hybridized carbons (Fsp3) is 0.395. The minimum absolute atomic E-state index is 0.0581. The first-order valence-electron chi connectivity index (χ1n) is 20.5. The van der Waals surface area contributed by atoms with Crippen LogP contribution < -0.4 is 10.7 Å². The molecule has 4 N–H and O–H groups in total. The Kier molecular flexibility index (Phi) is 11.1. The maximum Gasteiger partial charge on any atom is 0.336 e. The zero-order valence-corrected chi connectivity index (χ0v) is 37.2. The van der Waals surface area contributed by atoms with E-state index in [2.05, 4.69) is 80.7 Å². The summed E-state index contributed by atoms with van der Waals surface area (Å²) >= 11 is 0. The summed E-state index contributed by atoms with van der Waals surface area (Å²) in [6.45, 7) is 17.8. The van der Waals surface area contributed by atoms with Gasteiger partial charge in [-0.2, -0.15) is 4.99 Å². The molecular formula is C43H50N6O10Si2. The highest BCUT2D eigenvalue weighted by Gasteiger charge is 2.60. The molecule has 0 spiro atoms. The monoisotopic (exact) mass is 866 g/mol. The van der Waals surface area contributed by atoms with Crippen LogP contribution in [-0.4, -0.2) is 82.8 Å². The van der Waals surface area contributed by atoms with Gasteiger partial charge in [-0.15, -0.1) is 0 Å². The Morgan fingerprint density at radius 2 is 1.59 bits per heavy atom. The number of hydrogen-bond donors (Lipinski definition) is 4. The minimum atomic E-state index is -2.85. The van der Waals surface area contributed by atoms with Crippen LogP contribution in [0.15, 0.2) is 81.5 Å². The van der Waals surface area contributed by atoms with Gasteiger partial charge in [-0.25, -0.2) is 19.7 Å². The number of nitrogens with one attached hydrogen (secondary N) is 1. The van der Waals surface area contributed by atoms with Crippen molar-refractivity contribution < 1.29 is 42.2 Å². The van der Waals surface area contributed by atoms with E-state index in [1.165, 1.54) is 36.7 Å². The zero-order valence-electron chi connectivity index (χ0n) is 35.2. The summed E-state index contributed by atoms with van der Waals surface area (Å²) in [6.07, 6.45) is 2.33. The molecule has 0 amide bonds. The first-order valence-corrected chi connectivity index (χ1v) is 24.4. The van der Waals surface area contributed by atoms with E-state index in [9.17, 15) is 24.9 Å². The highest BCUT2D eigenvalue weighted by molar-refractivity contribution is 6.84. The van der Waals surface area contributed by atoms with Gasteiger partial charge in [0.2, 0.25) is 0 Å². The van der Waals surface area contributed by atoms with Gasteiger partial charge in [0.15, 0.2) is 22.4 Å². The molecule has 2 fully saturated rings. The molecule has 2 aromatic heterocycles. The summed E-state index contributed by atoms with van der Waals surface area (Å²) in [6, 6.07) is 12.7. The number of aliphatic imine (C=N–C) groups is 1. The summed E-state index contributed by atoms with van der Waals surface area (Å²) in [5.41, 5.74) is 2.87. The number of rotatable bonds is 9. The maximum absolute atomic E-state index is 12.8. The second-order valence-electron chi connectivity index (χ2n) is 17.0. The predicted molar refractivity (Wildman–Crippen MR) is 234 cm³/mol. The van der Waals surface area contributed by atoms with E-state index < -0.39 is 35.3 Å². The van der Waals surface area contributed by atoms with Crippen LogP contribution in [0.3, 0.4) is 0 Å². The number of carbonyl (C=O) groups is 1. The number of imidazole rings is 1. The third-order valence-electron chi connectivity index (χ3n) is 11.8. The van der Waals surface area contributed by atoms with Crippen molar-refractivity contribution in [3.05, 3.63) is 83.0 Å². The lowest BCUT2D eigenvalue weighted by Gasteiger charge is -2.51. The molecule has 61 heavy (non-hydrogen) atoms. The van der Waals surface area contributed by atoms with Gasteiger partial charge in [0.25, 0.3) is 6.02 Å². The van der Waals surface area contributed by atoms with Gasteiger partial charge < -0.3 is 42.8 Å². The molecule has 8 rings (SSSR count). The Labute approximate surface area is 354 Å². The lowest BCUT2D eigenvalue weighted by Crippen LogP contribution is -2.65. The molecule has 18 heteroatoms. The molecule has 1 aliphatic carbocycles. The van der Waals surface area contributed by atoms with Crippen LogP contribution >= 0.6 is 0 Å². The fourth-order valence-corrected chi connectivity index (χ4v) is 20.1. The van der Waals surface area contributed by atoms with E-state index in [1.54, 1.807) is 30.6 Å². The average molecular weight is 867 g/mol. The van der Waals surface area contributed by atoms with Gasteiger partial charge >= 0.3 is 23.1 Å². The molecule has 3 atom stereocenters. The number of aromatic nitrogens is 4. The zero-order chi connectivity index (χ0) is 43.5. The minimum Gasteiger partial charge on any atom is -0.508 e. The predicted octanol–water partition coefficient (Wildman–Crippen LogP) is 9.01. The van der Waals surface area contributed by atoms with Gasteiger partial charge in [-0.3, -0.25) is 9.36 Å². The van der Waals surface area contributed by atoms with E-state index >= 15 is 0 Å². The molecule has 0 radical (unpaired) electrons. The molecule has 4 aliphatic rings. The lowest BCUT2D eigenvalue weighted by molar-refractivity contribution is -0.0544. The number of nitrogens with zero attached hydrogens (tertiary/aromatic N) is 5. The second-order valence-corrected chi connectivity index (χ2v) is 25.8. The molecule has 3 aliphatic heterocycles. The van der Waals surface area contributed by atoms with E-state index in [-0.39, 0.29) is 74.0 Å². The number of aromatic carboxylic acids is 1. The average Bonchev–Trinajstić information content (AvgIpc) is 3.80. The molecule has 16 nitrogen and oxygen atoms in total. The standard InChI is InChI=1S/C43H50N6O10Si2/c1-22(2)60(23(3)4)55-19-36-35(58-61(59-60,24(5)6)25(7)8)18-37(57-36)49-21-46-39-40(44-20-45-41(39)49)48-43(54)47-26-9-12-29(32(15-26)42(52)53)38-30-13-10-27(50)16-33(30)56-34-17-28(51)11-14-31(34)38/h9-17,20-25,35-37,50H,18-19H2,1-8H3,(H,52,53)(H2,44,45,47,48,54)/t35-,36+,37+/m0/s1. The van der Waals surface area contributed by atoms with Crippen LogP contribution in [-0.2, 0) is 17.7 Å². The summed E-state index contributed by atoms with van der Waals surface area (Å²) in [5, 5.41) is 35.0. The number of aromatic hydroxyl groups is 1. The Bertz CT molecular complexity index is 2680. The number of hydrogen-bond acceptors (Lipinski definition) is 12. The first-order chi connectivity index (χ1) is 29.0. The molecule has 5 heterocycles. The van der Waals surface area contributed by atoms with Crippen molar-refractivity contribution in [1.82, 2.24) is 19.5 Å². The van der Waals surface area contributed by atoms with Crippen molar-refractivity contribution in [2.75, 3.05) is 11.9 Å². The Balaban J connectivity index is 1.08. The van der Waals surface area contributed by atoms with Gasteiger partial charge in [0, 0.05) is 40.8 Å². The number of aliphatic hydroxyl groups excluding tert-OH is 1. The third-order valence-corrected chi connectivity index (χ3v) is 22.1. The van der Waals surface area contributed by atoms with Crippen molar-refractivity contribution in [2.45, 2.75) is 102 Å². The SMILES string of the molecule is CC(C)[Si]1(C(C)C)OC[C@H]2O[C@@H](n3cnc4c(/N=C(\O)Nc5ccc(-c6c7ccc(=O)cc-7oc7cc(O)ccc67)c(C(=O)O)c5)ncnc43)C[C@@H]2O[Si](C(C)C)(C(C)C)O1. The van der Waals surface area contributed by atoms with Gasteiger partial charge in [0.1, 0.15) is 35.8 Å². The second kappa shape index (κ2) is 16.1. The number of carboxylic acid groups (broad SMARTS) is 1. The number of phenols is 1. The summed E-state index contributed by atoms with van der Waals surface area (Å²) in [5.74, 6) is -1.00. The van der Waals surface area contributed by atoms with E-state index in [0.29, 0.717) is 46.3 Å². The molecule has 4 aromatic rings. The van der Waals surface area contributed by atoms with Crippen molar-refractivity contribution in [1.29, 1.82) is 0 Å². The molecule has 0 unspecified atom stereocenters. The summed E-state index contributed by atoms with van der Waals surface area (Å²) in [7, 11) is -5.60. The van der Waals surface area contributed by atoms with Crippen molar-refractivity contribution >= 4 is 62.8 Å². The normalized spacial score (nSPS) is 20.5. The topological polar surface area (TPSA) is 213 Å². The summed E-state index contributed by atoms with van der Waals surface area (Å²) in [4.78, 5) is 42.7. The van der Waals surface area contributed by atoms with Crippen LogP contribution in [0.4, 0.5) is 11.5 Å². The largest absolute Gasteiger partial charge is 0.508 e. The van der Waals surface area contributed by atoms with E-state index in [1.807, 2.05) is 4.57 Å². The number of carboxylic acids is 1.